The Hall–Kier alpha value is -3.15. The Morgan fingerprint density at radius 2 is 1.91 bits per heavy atom. The molecule has 0 fully saturated rings. The fraction of sp³-hybridized carbons (Fsp3) is 0.167. The lowest BCUT2D eigenvalue weighted by Gasteiger charge is -2.10. The largest absolute Gasteiger partial charge is 0.333 e. The molecule has 0 bridgehead atoms. The molecule has 2 aromatic carbocycles. The zero-order valence-electron chi connectivity index (χ0n) is 12.8. The molecule has 5 nitrogen and oxygen atoms in total. The van der Waals surface area contributed by atoms with Crippen LogP contribution in [-0.4, -0.2) is 18.2 Å². The molecular formula is C18H16N4O. The van der Waals surface area contributed by atoms with E-state index in [-0.39, 0.29) is 0 Å². The number of nitrogens with zero attached hydrogens (tertiary/aromatic N) is 3. The smallest absolute Gasteiger partial charge is 0.179 e. The van der Waals surface area contributed by atoms with Gasteiger partial charge in [-0.15, -0.1) is 0 Å². The molecule has 0 spiro atoms. The molecule has 2 N–H and O–H groups in total. The van der Waals surface area contributed by atoms with Crippen LogP contribution >= 0.6 is 0 Å². The summed E-state index contributed by atoms with van der Waals surface area (Å²) in [5, 5.41) is 18.0. The molecule has 1 aliphatic rings. The average Bonchev–Trinajstić information content (AvgIpc) is 3.06. The Balaban J connectivity index is 0.000000924. The first kappa shape index (κ1) is 16.2. The lowest BCUT2D eigenvalue weighted by Crippen LogP contribution is -2.07. The van der Waals surface area contributed by atoms with Crippen LogP contribution in [0, 0.1) is 22.8 Å². The fourth-order valence-corrected chi connectivity index (χ4v) is 2.72. The molecule has 2 aromatic rings. The van der Waals surface area contributed by atoms with Gasteiger partial charge >= 0.3 is 0 Å². The van der Waals surface area contributed by atoms with Crippen molar-refractivity contribution in [3.05, 3.63) is 58.7 Å². The number of carbonyl (C=O) groups is 1. The summed E-state index contributed by atoms with van der Waals surface area (Å²) in [5.41, 5.74) is 9.41. The molecule has 0 saturated carbocycles. The van der Waals surface area contributed by atoms with Crippen molar-refractivity contribution < 1.29 is 4.79 Å². The number of benzene rings is 2. The van der Waals surface area contributed by atoms with Crippen molar-refractivity contribution >= 4 is 6.29 Å². The third-order valence-corrected chi connectivity index (χ3v) is 3.72. The van der Waals surface area contributed by atoms with Gasteiger partial charge in [-0.3, -0.25) is 4.79 Å². The van der Waals surface area contributed by atoms with Gasteiger partial charge in [0.25, 0.3) is 0 Å². The molecule has 1 heterocycles. The number of aldehydes is 1. The summed E-state index contributed by atoms with van der Waals surface area (Å²) in [7, 11) is 1.50. The van der Waals surface area contributed by atoms with E-state index in [0.29, 0.717) is 24.2 Å². The Bertz CT molecular complexity index is 815. The molecule has 3 rings (SSSR count). The van der Waals surface area contributed by atoms with Gasteiger partial charge in [-0.2, -0.15) is 10.5 Å². The van der Waals surface area contributed by atoms with Crippen molar-refractivity contribution in [2.24, 2.45) is 5.73 Å². The maximum atomic E-state index is 11.3. The van der Waals surface area contributed by atoms with Crippen LogP contribution in [0.4, 0.5) is 0 Å². The van der Waals surface area contributed by atoms with Crippen LogP contribution in [0.1, 0.15) is 27.0 Å². The highest BCUT2D eigenvalue weighted by atomic mass is 16.1. The zero-order chi connectivity index (χ0) is 16.8. The van der Waals surface area contributed by atoms with Gasteiger partial charge in [-0.25, -0.2) is 0 Å². The molecule has 0 aliphatic carbocycles. The summed E-state index contributed by atoms with van der Waals surface area (Å²) in [6.45, 7) is 1.16. The predicted molar refractivity (Wildman–Crippen MR) is 87.0 cm³/mol. The van der Waals surface area contributed by atoms with Gasteiger partial charge in [0, 0.05) is 5.56 Å². The Morgan fingerprint density at radius 1 is 1.13 bits per heavy atom. The second kappa shape index (κ2) is 7.22. The Morgan fingerprint density at radius 3 is 2.57 bits per heavy atom. The molecule has 0 radical (unpaired) electrons. The van der Waals surface area contributed by atoms with Gasteiger partial charge < -0.3 is 10.6 Å². The fourth-order valence-electron chi connectivity index (χ4n) is 2.72. The third-order valence-electron chi connectivity index (χ3n) is 3.72. The van der Waals surface area contributed by atoms with E-state index in [4.69, 9.17) is 10.5 Å². The van der Waals surface area contributed by atoms with Crippen molar-refractivity contribution in [2.75, 3.05) is 7.05 Å². The van der Waals surface area contributed by atoms with Crippen LogP contribution in [0.2, 0.25) is 0 Å². The summed E-state index contributed by atoms with van der Waals surface area (Å²) in [6, 6.07) is 13.0. The second-order valence-corrected chi connectivity index (χ2v) is 4.93. The summed E-state index contributed by atoms with van der Waals surface area (Å²) in [4.78, 5) is 13.0. The second-order valence-electron chi connectivity index (χ2n) is 4.93. The standard InChI is InChI=1S/C17H11N3O.CH5N/c18-7-12-4-5-15(14(6-12)10-21)16-3-1-2-13-8-20(11-19)9-17(13)16;1-2/h1-6,10H,8-9H2;2H2,1H3. The summed E-state index contributed by atoms with van der Waals surface area (Å²) < 4.78 is 0. The van der Waals surface area contributed by atoms with E-state index in [1.54, 1.807) is 23.1 Å². The number of fused-ring (bicyclic) bond motifs is 1. The minimum atomic E-state index is 0.465. The molecule has 0 aromatic heterocycles. The van der Waals surface area contributed by atoms with Crippen molar-refractivity contribution in [1.82, 2.24) is 4.90 Å². The van der Waals surface area contributed by atoms with E-state index in [9.17, 15) is 4.79 Å². The number of rotatable bonds is 2. The van der Waals surface area contributed by atoms with Crippen LogP contribution in [0.5, 0.6) is 0 Å². The van der Waals surface area contributed by atoms with Gasteiger partial charge in [0.2, 0.25) is 0 Å². The van der Waals surface area contributed by atoms with Gasteiger partial charge in [-0.05, 0) is 41.4 Å². The van der Waals surface area contributed by atoms with Gasteiger partial charge in [0.1, 0.15) is 0 Å². The molecule has 0 unspecified atom stereocenters. The normalized spacial score (nSPS) is 11.6. The Labute approximate surface area is 135 Å². The lowest BCUT2D eigenvalue weighted by atomic mass is 9.93. The summed E-state index contributed by atoms with van der Waals surface area (Å²) in [6.07, 6.45) is 2.93. The first-order chi connectivity index (χ1) is 11.3. The molecule has 0 atom stereocenters. The lowest BCUT2D eigenvalue weighted by molar-refractivity contribution is 0.112. The quantitative estimate of drug-likeness (QED) is 0.679. The molecular weight excluding hydrogens is 288 g/mol. The summed E-state index contributed by atoms with van der Waals surface area (Å²) in [5.74, 6) is 0. The number of nitriles is 2. The number of carbonyl (C=O) groups excluding carboxylic acids is 1. The highest BCUT2D eigenvalue weighted by Gasteiger charge is 2.22. The van der Waals surface area contributed by atoms with Crippen LogP contribution in [0.25, 0.3) is 11.1 Å². The average molecular weight is 304 g/mol. The van der Waals surface area contributed by atoms with Crippen molar-refractivity contribution in [1.29, 1.82) is 10.5 Å². The maximum absolute atomic E-state index is 11.3. The molecule has 0 saturated heterocycles. The highest BCUT2D eigenvalue weighted by Crippen LogP contribution is 2.34. The molecule has 0 amide bonds. The monoisotopic (exact) mass is 304 g/mol. The SMILES string of the molecule is CN.N#Cc1ccc(-c2cccc3c2CN(C#N)C3)c(C=O)c1. The van der Waals surface area contributed by atoms with Crippen molar-refractivity contribution in [2.45, 2.75) is 13.1 Å². The van der Waals surface area contributed by atoms with Gasteiger partial charge in [-0.1, -0.05) is 24.3 Å². The van der Waals surface area contributed by atoms with E-state index in [1.807, 2.05) is 24.3 Å². The van der Waals surface area contributed by atoms with E-state index < -0.39 is 0 Å². The summed E-state index contributed by atoms with van der Waals surface area (Å²) >= 11 is 0. The number of nitrogens with two attached hydrogens (primary N) is 1. The van der Waals surface area contributed by atoms with E-state index in [0.717, 1.165) is 28.5 Å². The van der Waals surface area contributed by atoms with Crippen LogP contribution in [-0.2, 0) is 13.1 Å². The highest BCUT2D eigenvalue weighted by molar-refractivity contribution is 5.89. The molecule has 23 heavy (non-hydrogen) atoms. The maximum Gasteiger partial charge on any atom is 0.179 e. The van der Waals surface area contributed by atoms with E-state index >= 15 is 0 Å². The van der Waals surface area contributed by atoms with Crippen LogP contribution < -0.4 is 5.73 Å². The Kier molecular flexibility index (Phi) is 5.09. The van der Waals surface area contributed by atoms with Gasteiger partial charge in [0.15, 0.2) is 12.5 Å². The van der Waals surface area contributed by atoms with E-state index in [1.165, 1.54) is 7.05 Å². The third kappa shape index (κ3) is 3.06. The van der Waals surface area contributed by atoms with Crippen LogP contribution in [0.15, 0.2) is 36.4 Å². The van der Waals surface area contributed by atoms with Crippen molar-refractivity contribution in [3.8, 4) is 23.4 Å². The topological polar surface area (TPSA) is 93.9 Å². The molecule has 114 valence electrons. The van der Waals surface area contributed by atoms with Crippen molar-refractivity contribution in [3.63, 3.8) is 0 Å². The first-order valence-electron chi connectivity index (χ1n) is 7.09. The number of hydrogen-bond acceptors (Lipinski definition) is 5. The molecule has 5 heteroatoms. The molecule has 1 aliphatic heterocycles. The minimum Gasteiger partial charge on any atom is -0.333 e. The minimum absolute atomic E-state index is 0.465. The van der Waals surface area contributed by atoms with E-state index in [2.05, 4.69) is 11.9 Å². The van der Waals surface area contributed by atoms with Gasteiger partial charge in [0.05, 0.1) is 24.7 Å². The zero-order valence-corrected chi connectivity index (χ0v) is 12.8. The van der Waals surface area contributed by atoms with Crippen LogP contribution in [0.3, 0.4) is 0 Å². The number of hydrogen-bond donors (Lipinski definition) is 1. The first-order valence-corrected chi connectivity index (χ1v) is 7.09. The predicted octanol–water partition coefficient (Wildman–Crippen LogP) is 2.41.